The Hall–Kier alpha value is -3.56. The standard InChI is InChI=1S/C20H32N8O2/c21-11-5-13(23)20(19(28)16(11)25)30-8-10-3-1-9(2-4-10)7-29-14-6-12(22)15(24)18(27)17(14)26/h5-6,9-10H,1-4,7-8,21-28H2. The fourth-order valence-corrected chi connectivity index (χ4v) is 3.73. The zero-order chi connectivity index (χ0) is 22.0. The van der Waals surface area contributed by atoms with Gasteiger partial charge in [-0.05, 0) is 43.6 Å². The van der Waals surface area contributed by atoms with E-state index in [0.717, 1.165) is 25.7 Å². The molecule has 10 heteroatoms. The second-order valence-corrected chi connectivity index (χ2v) is 7.93. The number of nitrogens with two attached hydrogens (primary N) is 8. The van der Waals surface area contributed by atoms with Gasteiger partial charge in [0, 0.05) is 6.07 Å². The van der Waals surface area contributed by atoms with E-state index in [1.165, 1.54) is 0 Å². The van der Waals surface area contributed by atoms with Crippen LogP contribution >= 0.6 is 0 Å². The van der Waals surface area contributed by atoms with Gasteiger partial charge in [-0.25, -0.2) is 0 Å². The van der Waals surface area contributed by atoms with E-state index < -0.39 is 0 Å². The average Bonchev–Trinajstić information content (AvgIpc) is 2.73. The summed E-state index contributed by atoms with van der Waals surface area (Å²) in [4.78, 5) is 0. The molecule has 0 heterocycles. The fourth-order valence-electron chi connectivity index (χ4n) is 3.73. The number of ether oxygens (including phenoxy) is 2. The van der Waals surface area contributed by atoms with Crippen LogP contribution < -0.4 is 55.3 Å². The summed E-state index contributed by atoms with van der Waals surface area (Å²) < 4.78 is 11.8. The zero-order valence-corrected chi connectivity index (χ0v) is 17.0. The molecule has 0 aromatic heterocycles. The first-order valence-electron chi connectivity index (χ1n) is 9.90. The number of hydrogen-bond acceptors (Lipinski definition) is 10. The lowest BCUT2D eigenvalue weighted by molar-refractivity contribution is 0.149. The number of benzene rings is 2. The third-order valence-corrected chi connectivity index (χ3v) is 5.77. The zero-order valence-electron chi connectivity index (χ0n) is 17.0. The molecular weight excluding hydrogens is 384 g/mol. The van der Waals surface area contributed by atoms with Gasteiger partial charge < -0.3 is 55.3 Å². The van der Waals surface area contributed by atoms with E-state index in [-0.39, 0.29) is 17.1 Å². The predicted octanol–water partition coefficient (Wildman–Crippen LogP) is 1.61. The maximum Gasteiger partial charge on any atom is 0.167 e. The molecule has 1 fully saturated rings. The van der Waals surface area contributed by atoms with Crippen LogP contribution in [0.25, 0.3) is 0 Å². The molecule has 164 valence electrons. The quantitative estimate of drug-likeness (QED) is 0.317. The SMILES string of the molecule is Nc1cc(OCC2CCC(COc3c(N)cc(N)c(N)c3N)CC2)c(N)c(N)c1N. The van der Waals surface area contributed by atoms with E-state index in [0.29, 0.717) is 65.0 Å². The fraction of sp³-hybridized carbons (Fsp3) is 0.400. The largest absolute Gasteiger partial charge is 0.491 e. The molecule has 0 radical (unpaired) electrons. The Labute approximate surface area is 175 Å². The Morgan fingerprint density at radius 1 is 0.567 bits per heavy atom. The van der Waals surface area contributed by atoms with Crippen molar-refractivity contribution in [2.45, 2.75) is 25.7 Å². The monoisotopic (exact) mass is 416 g/mol. The van der Waals surface area contributed by atoms with Gasteiger partial charge in [-0.3, -0.25) is 0 Å². The Morgan fingerprint density at radius 3 is 1.67 bits per heavy atom. The minimum absolute atomic E-state index is 0.257. The first-order chi connectivity index (χ1) is 14.2. The molecule has 10 nitrogen and oxygen atoms in total. The van der Waals surface area contributed by atoms with Gasteiger partial charge in [-0.15, -0.1) is 0 Å². The van der Waals surface area contributed by atoms with Crippen molar-refractivity contribution in [3.8, 4) is 11.5 Å². The van der Waals surface area contributed by atoms with Gasteiger partial charge >= 0.3 is 0 Å². The van der Waals surface area contributed by atoms with Crippen LogP contribution in [-0.2, 0) is 0 Å². The molecule has 1 aliphatic rings. The van der Waals surface area contributed by atoms with Crippen molar-refractivity contribution >= 4 is 45.5 Å². The van der Waals surface area contributed by atoms with Gasteiger partial charge in [0.1, 0.15) is 11.4 Å². The van der Waals surface area contributed by atoms with E-state index in [2.05, 4.69) is 0 Å². The van der Waals surface area contributed by atoms with E-state index >= 15 is 0 Å². The number of hydrogen-bond donors (Lipinski definition) is 8. The highest BCUT2D eigenvalue weighted by atomic mass is 16.5. The molecule has 1 saturated carbocycles. The van der Waals surface area contributed by atoms with Gasteiger partial charge in [0.05, 0.1) is 53.0 Å². The highest BCUT2D eigenvalue weighted by molar-refractivity contribution is 5.90. The summed E-state index contributed by atoms with van der Waals surface area (Å²) in [6, 6.07) is 3.19. The summed E-state index contributed by atoms with van der Waals surface area (Å²) in [5.41, 5.74) is 49.6. The minimum Gasteiger partial charge on any atom is -0.491 e. The average molecular weight is 417 g/mol. The Bertz CT molecular complexity index is 926. The smallest absolute Gasteiger partial charge is 0.167 e. The molecule has 0 aliphatic heterocycles. The molecule has 0 bridgehead atoms. The van der Waals surface area contributed by atoms with E-state index in [9.17, 15) is 0 Å². The summed E-state index contributed by atoms with van der Waals surface area (Å²) in [6.07, 6.45) is 4.00. The highest BCUT2D eigenvalue weighted by Gasteiger charge is 2.24. The van der Waals surface area contributed by atoms with E-state index in [1.807, 2.05) is 0 Å². The van der Waals surface area contributed by atoms with Crippen LogP contribution in [0, 0.1) is 11.8 Å². The first kappa shape index (κ1) is 21.2. The second-order valence-electron chi connectivity index (χ2n) is 7.93. The lowest BCUT2D eigenvalue weighted by Gasteiger charge is -2.29. The Morgan fingerprint density at radius 2 is 1.07 bits per heavy atom. The van der Waals surface area contributed by atoms with Crippen molar-refractivity contribution in [1.29, 1.82) is 0 Å². The Balaban J connectivity index is 1.50. The van der Waals surface area contributed by atoms with Gasteiger partial charge in [0.2, 0.25) is 0 Å². The summed E-state index contributed by atoms with van der Waals surface area (Å²) in [5.74, 6) is 1.67. The number of rotatable bonds is 6. The van der Waals surface area contributed by atoms with Crippen LogP contribution in [0.4, 0.5) is 45.5 Å². The van der Waals surface area contributed by atoms with Crippen LogP contribution in [0.5, 0.6) is 11.5 Å². The van der Waals surface area contributed by atoms with Gasteiger partial charge in [0.25, 0.3) is 0 Å². The van der Waals surface area contributed by atoms with Crippen molar-refractivity contribution in [1.82, 2.24) is 0 Å². The summed E-state index contributed by atoms with van der Waals surface area (Å²) >= 11 is 0. The Kier molecular flexibility index (Phi) is 5.95. The van der Waals surface area contributed by atoms with Crippen molar-refractivity contribution < 1.29 is 9.47 Å². The topological polar surface area (TPSA) is 227 Å². The molecule has 0 saturated heterocycles. The molecule has 2 aromatic carbocycles. The predicted molar refractivity (Wildman–Crippen MR) is 125 cm³/mol. The van der Waals surface area contributed by atoms with Gasteiger partial charge in [-0.2, -0.15) is 0 Å². The van der Waals surface area contributed by atoms with Crippen LogP contribution in [0.3, 0.4) is 0 Å². The third-order valence-electron chi connectivity index (χ3n) is 5.77. The maximum absolute atomic E-state index is 6.00. The molecule has 2 aromatic rings. The van der Waals surface area contributed by atoms with Crippen molar-refractivity contribution in [3.05, 3.63) is 12.1 Å². The summed E-state index contributed by atoms with van der Waals surface area (Å²) in [6.45, 7) is 1.05. The van der Waals surface area contributed by atoms with Gasteiger partial charge in [0.15, 0.2) is 5.75 Å². The van der Waals surface area contributed by atoms with Crippen LogP contribution in [0.15, 0.2) is 12.1 Å². The van der Waals surface area contributed by atoms with Crippen molar-refractivity contribution in [3.63, 3.8) is 0 Å². The molecule has 0 atom stereocenters. The van der Waals surface area contributed by atoms with Crippen molar-refractivity contribution in [2.24, 2.45) is 11.8 Å². The molecule has 1 aliphatic carbocycles. The van der Waals surface area contributed by atoms with Crippen LogP contribution in [0.2, 0.25) is 0 Å². The number of nitrogen functional groups attached to an aromatic ring is 8. The van der Waals surface area contributed by atoms with E-state index in [1.54, 1.807) is 12.1 Å². The normalized spacial score (nSPS) is 18.8. The van der Waals surface area contributed by atoms with E-state index in [4.69, 9.17) is 55.3 Å². The van der Waals surface area contributed by atoms with Gasteiger partial charge in [-0.1, -0.05) is 0 Å². The van der Waals surface area contributed by atoms with Crippen LogP contribution in [-0.4, -0.2) is 13.2 Å². The first-order valence-corrected chi connectivity index (χ1v) is 9.90. The lowest BCUT2D eigenvalue weighted by atomic mass is 9.83. The molecular formula is C20H32N8O2. The molecule has 0 unspecified atom stereocenters. The van der Waals surface area contributed by atoms with Crippen molar-refractivity contribution in [2.75, 3.05) is 59.1 Å². The summed E-state index contributed by atoms with van der Waals surface area (Å²) in [5, 5.41) is 0. The third kappa shape index (κ3) is 4.22. The summed E-state index contributed by atoms with van der Waals surface area (Å²) in [7, 11) is 0. The second kappa shape index (κ2) is 8.44. The molecule has 0 spiro atoms. The lowest BCUT2D eigenvalue weighted by Crippen LogP contribution is -2.24. The molecule has 16 N–H and O–H groups in total. The van der Waals surface area contributed by atoms with Crippen LogP contribution in [0.1, 0.15) is 25.7 Å². The maximum atomic E-state index is 6.00. The minimum atomic E-state index is 0.257. The number of anilines is 8. The highest BCUT2D eigenvalue weighted by Crippen LogP contribution is 2.40. The molecule has 0 amide bonds. The molecule has 30 heavy (non-hydrogen) atoms. The molecule has 3 rings (SSSR count).